The molecule has 2 unspecified atom stereocenters. The quantitative estimate of drug-likeness (QED) is 0.931. The molecule has 0 aliphatic carbocycles. The highest BCUT2D eigenvalue weighted by Gasteiger charge is 2.23. The van der Waals surface area contributed by atoms with Gasteiger partial charge in [0.2, 0.25) is 0 Å². The van der Waals surface area contributed by atoms with Crippen LogP contribution >= 0.6 is 0 Å². The van der Waals surface area contributed by atoms with E-state index >= 15 is 0 Å². The van der Waals surface area contributed by atoms with E-state index in [9.17, 15) is 0 Å². The summed E-state index contributed by atoms with van der Waals surface area (Å²) in [5.74, 6) is 0. The molecule has 0 spiro atoms. The van der Waals surface area contributed by atoms with Crippen molar-refractivity contribution >= 4 is 0 Å². The summed E-state index contributed by atoms with van der Waals surface area (Å²) >= 11 is 0. The van der Waals surface area contributed by atoms with E-state index in [1.54, 1.807) is 0 Å². The summed E-state index contributed by atoms with van der Waals surface area (Å²) in [6.07, 6.45) is 6.43. The Labute approximate surface area is 120 Å². The van der Waals surface area contributed by atoms with E-state index in [1.807, 2.05) is 29.1 Å². The average molecular weight is 270 g/mol. The van der Waals surface area contributed by atoms with E-state index in [2.05, 4.69) is 35.3 Å². The maximum atomic E-state index is 6.07. The highest BCUT2D eigenvalue weighted by atomic mass is 15.3. The largest absolute Gasteiger partial charge is 0.327 e. The van der Waals surface area contributed by atoms with Crippen molar-refractivity contribution in [2.75, 3.05) is 13.1 Å². The second kappa shape index (κ2) is 5.77. The zero-order valence-electron chi connectivity index (χ0n) is 11.9. The summed E-state index contributed by atoms with van der Waals surface area (Å²) in [4.78, 5) is 2.46. The van der Waals surface area contributed by atoms with Gasteiger partial charge in [-0.2, -0.15) is 5.10 Å². The molecule has 1 aliphatic rings. The third-order valence-corrected chi connectivity index (χ3v) is 4.14. The fourth-order valence-electron chi connectivity index (χ4n) is 2.88. The highest BCUT2D eigenvalue weighted by molar-refractivity contribution is 5.31. The van der Waals surface area contributed by atoms with Gasteiger partial charge < -0.3 is 5.73 Å². The average Bonchev–Trinajstić information content (AvgIpc) is 2.97. The number of benzene rings is 1. The standard InChI is InChI=1S/C16H22N4/c1-13(19-9-5-6-15(17)12-19)14-10-18-20(11-14)16-7-3-2-4-8-16/h2-4,7-8,10-11,13,15H,5-6,9,12,17H2,1H3. The minimum atomic E-state index is 0.315. The summed E-state index contributed by atoms with van der Waals surface area (Å²) in [5.41, 5.74) is 8.43. The van der Waals surface area contributed by atoms with Crippen molar-refractivity contribution in [1.82, 2.24) is 14.7 Å². The summed E-state index contributed by atoms with van der Waals surface area (Å²) in [5, 5.41) is 4.48. The fourth-order valence-corrected chi connectivity index (χ4v) is 2.88. The molecule has 2 N–H and O–H groups in total. The van der Waals surface area contributed by atoms with Gasteiger partial charge in [-0.1, -0.05) is 18.2 Å². The van der Waals surface area contributed by atoms with E-state index in [0.29, 0.717) is 12.1 Å². The number of hydrogen-bond donors (Lipinski definition) is 1. The highest BCUT2D eigenvalue weighted by Crippen LogP contribution is 2.24. The number of piperidine rings is 1. The van der Waals surface area contributed by atoms with E-state index in [-0.39, 0.29) is 0 Å². The van der Waals surface area contributed by atoms with Crippen molar-refractivity contribution in [3.8, 4) is 5.69 Å². The van der Waals surface area contributed by atoms with Gasteiger partial charge in [0.15, 0.2) is 0 Å². The normalized spacial score (nSPS) is 21.8. The van der Waals surface area contributed by atoms with Crippen LogP contribution in [0.15, 0.2) is 42.7 Å². The minimum absolute atomic E-state index is 0.315. The van der Waals surface area contributed by atoms with Gasteiger partial charge in [0.25, 0.3) is 0 Å². The van der Waals surface area contributed by atoms with Crippen LogP contribution in [-0.2, 0) is 0 Å². The number of hydrogen-bond acceptors (Lipinski definition) is 3. The Morgan fingerprint density at radius 1 is 1.30 bits per heavy atom. The Balaban J connectivity index is 1.76. The molecule has 106 valence electrons. The first-order valence-electron chi connectivity index (χ1n) is 7.33. The molecule has 3 rings (SSSR count). The lowest BCUT2D eigenvalue weighted by Gasteiger charge is -2.34. The molecule has 0 radical (unpaired) electrons. The van der Waals surface area contributed by atoms with Crippen molar-refractivity contribution in [3.05, 3.63) is 48.3 Å². The predicted molar refractivity (Wildman–Crippen MR) is 80.8 cm³/mol. The van der Waals surface area contributed by atoms with Crippen molar-refractivity contribution in [2.24, 2.45) is 5.73 Å². The van der Waals surface area contributed by atoms with Gasteiger partial charge in [-0.05, 0) is 38.4 Å². The molecule has 2 heterocycles. The number of para-hydroxylation sites is 1. The maximum absolute atomic E-state index is 6.07. The third kappa shape index (κ3) is 2.76. The third-order valence-electron chi connectivity index (χ3n) is 4.14. The van der Waals surface area contributed by atoms with Crippen LogP contribution in [0.4, 0.5) is 0 Å². The Bertz CT molecular complexity index is 549. The minimum Gasteiger partial charge on any atom is -0.327 e. The fraction of sp³-hybridized carbons (Fsp3) is 0.438. The molecule has 0 saturated carbocycles. The van der Waals surface area contributed by atoms with Crippen molar-refractivity contribution in [1.29, 1.82) is 0 Å². The lowest BCUT2D eigenvalue weighted by Crippen LogP contribution is -2.43. The molecule has 4 nitrogen and oxygen atoms in total. The predicted octanol–water partition coefficient (Wildman–Crippen LogP) is 2.36. The van der Waals surface area contributed by atoms with Crippen LogP contribution in [-0.4, -0.2) is 33.8 Å². The molecule has 1 fully saturated rings. The lowest BCUT2D eigenvalue weighted by molar-refractivity contribution is 0.159. The van der Waals surface area contributed by atoms with Gasteiger partial charge in [0, 0.05) is 30.4 Å². The molecular formula is C16H22N4. The van der Waals surface area contributed by atoms with E-state index in [4.69, 9.17) is 5.73 Å². The molecule has 20 heavy (non-hydrogen) atoms. The summed E-state index contributed by atoms with van der Waals surface area (Å²) < 4.78 is 1.94. The van der Waals surface area contributed by atoms with Crippen LogP contribution in [0.3, 0.4) is 0 Å². The maximum Gasteiger partial charge on any atom is 0.0645 e. The molecule has 0 bridgehead atoms. The number of nitrogens with two attached hydrogens (primary N) is 1. The Hall–Kier alpha value is -1.65. The smallest absolute Gasteiger partial charge is 0.0645 e. The van der Waals surface area contributed by atoms with E-state index in [1.165, 1.54) is 12.0 Å². The van der Waals surface area contributed by atoms with Crippen LogP contribution in [0.1, 0.15) is 31.4 Å². The van der Waals surface area contributed by atoms with Crippen LogP contribution in [0.25, 0.3) is 5.69 Å². The number of aromatic nitrogens is 2. The van der Waals surface area contributed by atoms with Gasteiger partial charge in [-0.3, -0.25) is 4.90 Å². The van der Waals surface area contributed by atoms with Crippen molar-refractivity contribution in [3.63, 3.8) is 0 Å². The molecule has 1 saturated heterocycles. The number of rotatable bonds is 3. The van der Waals surface area contributed by atoms with Crippen molar-refractivity contribution in [2.45, 2.75) is 31.8 Å². The number of nitrogens with zero attached hydrogens (tertiary/aromatic N) is 3. The topological polar surface area (TPSA) is 47.1 Å². The zero-order valence-corrected chi connectivity index (χ0v) is 11.9. The Morgan fingerprint density at radius 2 is 2.10 bits per heavy atom. The second-order valence-corrected chi connectivity index (χ2v) is 5.63. The summed E-state index contributed by atoms with van der Waals surface area (Å²) in [6.45, 7) is 4.35. The SMILES string of the molecule is CC(c1cnn(-c2ccccc2)c1)N1CCCC(N)C1. The molecule has 1 aromatic carbocycles. The van der Waals surface area contributed by atoms with E-state index in [0.717, 1.165) is 25.2 Å². The first kappa shape index (κ1) is 13.3. The second-order valence-electron chi connectivity index (χ2n) is 5.63. The zero-order chi connectivity index (χ0) is 13.9. The lowest BCUT2D eigenvalue weighted by atomic mass is 10.0. The molecule has 1 aliphatic heterocycles. The molecule has 0 amide bonds. The van der Waals surface area contributed by atoms with Crippen LogP contribution in [0.5, 0.6) is 0 Å². The Morgan fingerprint density at radius 3 is 2.85 bits per heavy atom. The molecule has 2 atom stereocenters. The van der Waals surface area contributed by atoms with Crippen molar-refractivity contribution < 1.29 is 0 Å². The van der Waals surface area contributed by atoms with Gasteiger partial charge in [0.1, 0.15) is 0 Å². The summed E-state index contributed by atoms with van der Waals surface area (Å²) in [7, 11) is 0. The molecule has 4 heteroatoms. The molecule has 2 aromatic rings. The van der Waals surface area contributed by atoms with Gasteiger partial charge in [-0.15, -0.1) is 0 Å². The summed E-state index contributed by atoms with van der Waals surface area (Å²) in [6, 6.07) is 10.9. The number of likely N-dealkylation sites (tertiary alicyclic amines) is 1. The molecule has 1 aromatic heterocycles. The van der Waals surface area contributed by atoms with Crippen LogP contribution in [0, 0.1) is 0 Å². The van der Waals surface area contributed by atoms with Crippen LogP contribution in [0.2, 0.25) is 0 Å². The van der Waals surface area contributed by atoms with Crippen LogP contribution < -0.4 is 5.73 Å². The Kier molecular flexibility index (Phi) is 3.85. The van der Waals surface area contributed by atoms with Gasteiger partial charge in [-0.25, -0.2) is 4.68 Å². The van der Waals surface area contributed by atoms with Gasteiger partial charge in [0.05, 0.1) is 11.9 Å². The molecular weight excluding hydrogens is 248 g/mol. The monoisotopic (exact) mass is 270 g/mol. The van der Waals surface area contributed by atoms with E-state index < -0.39 is 0 Å². The van der Waals surface area contributed by atoms with Gasteiger partial charge >= 0.3 is 0 Å². The first-order chi connectivity index (χ1) is 9.74. The first-order valence-corrected chi connectivity index (χ1v) is 7.33.